The molecule has 2 saturated heterocycles. The monoisotopic (exact) mass is 465 g/mol. The van der Waals surface area contributed by atoms with Gasteiger partial charge >= 0.3 is 6.09 Å². The van der Waals surface area contributed by atoms with Crippen LogP contribution in [0.4, 0.5) is 4.79 Å². The van der Waals surface area contributed by atoms with E-state index in [1.807, 2.05) is 0 Å². The van der Waals surface area contributed by atoms with E-state index in [4.69, 9.17) is 4.74 Å². The highest BCUT2D eigenvalue weighted by molar-refractivity contribution is 5.92. The number of hydrogen-bond donors (Lipinski definition) is 3. The highest BCUT2D eigenvalue weighted by Crippen LogP contribution is 2.45. The summed E-state index contributed by atoms with van der Waals surface area (Å²) in [6, 6.07) is -1.51. The molecule has 33 heavy (non-hydrogen) atoms. The van der Waals surface area contributed by atoms with Crippen LogP contribution in [0.1, 0.15) is 91.4 Å². The van der Waals surface area contributed by atoms with Crippen LogP contribution in [0.25, 0.3) is 0 Å². The first-order valence-electron chi connectivity index (χ1n) is 12.9. The lowest BCUT2D eigenvalue weighted by Crippen LogP contribution is -2.56. The Morgan fingerprint density at radius 3 is 2.24 bits per heavy atom. The van der Waals surface area contributed by atoms with Crippen molar-refractivity contribution in [3.8, 4) is 0 Å². The number of carbonyl (C=O) groups is 3. The molecule has 0 aromatic carbocycles. The third-order valence-corrected chi connectivity index (χ3v) is 7.30. The predicted molar refractivity (Wildman–Crippen MR) is 125 cm³/mol. The summed E-state index contributed by atoms with van der Waals surface area (Å²) in [5, 5.41) is 15.6. The maximum absolute atomic E-state index is 13.7. The van der Waals surface area contributed by atoms with E-state index in [0.717, 1.165) is 64.2 Å². The second-order valence-electron chi connectivity index (χ2n) is 11.1. The Morgan fingerprint density at radius 2 is 1.67 bits per heavy atom. The number of nitrogens with one attached hydrogen (secondary N) is 2. The zero-order chi connectivity index (χ0) is 24.0. The number of fused-ring (bicyclic) bond motifs is 3. The van der Waals surface area contributed by atoms with E-state index >= 15 is 0 Å². The molecule has 8 heteroatoms. The molecule has 5 atom stereocenters. The van der Waals surface area contributed by atoms with Gasteiger partial charge in [0, 0.05) is 6.54 Å². The molecule has 1 unspecified atom stereocenters. The van der Waals surface area contributed by atoms with Crippen LogP contribution in [-0.4, -0.2) is 64.8 Å². The number of aliphatic hydroxyl groups excluding tert-OH is 1. The van der Waals surface area contributed by atoms with E-state index in [9.17, 15) is 19.5 Å². The lowest BCUT2D eigenvalue weighted by molar-refractivity contribution is -0.141. The normalized spacial score (nSPS) is 32.2. The van der Waals surface area contributed by atoms with Crippen molar-refractivity contribution in [2.75, 3.05) is 13.2 Å². The van der Waals surface area contributed by atoms with Gasteiger partial charge in [-0.25, -0.2) is 4.79 Å². The molecule has 1 aliphatic carbocycles. The molecule has 0 aromatic heterocycles. The van der Waals surface area contributed by atoms with Crippen molar-refractivity contribution in [3.63, 3.8) is 0 Å². The first-order valence-corrected chi connectivity index (χ1v) is 12.9. The number of hydrogen-bond acceptors (Lipinski definition) is 5. The van der Waals surface area contributed by atoms with E-state index in [0.29, 0.717) is 18.9 Å². The third-order valence-electron chi connectivity index (χ3n) is 7.30. The molecule has 2 aliphatic heterocycles. The van der Waals surface area contributed by atoms with Crippen LogP contribution in [0, 0.1) is 11.8 Å². The molecule has 3 fully saturated rings. The number of amides is 3. The van der Waals surface area contributed by atoms with Crippen LogP contribution in [0.3, 0.4) is 0 Å². The fourth-order valence-electron chi connectivity index (χ4n) is 5.42. The van der Waals surface area contributed by atoms with Crippen LogP contribution in [0.2, 0.25) is 0 Å². The van der Waals surface area contributed by atoms with Crippen molar-refractivity contribution in [1.29, 1.82) is 0 Å². The lowest BCUT2D eigenvalue weighted by atomic mass is 9.73. The summed E-state index contributed by atoms with van der Waals surface area (Å²) in [6.45, 7) is 5.85. The summed E-state index contributed by atoms with van der Waals surface area (Å²) in [6.07, 6.45) is 9.92. The van der Waals surface area contributed by atoms with Crippen LogP contribution < -0.4 is 10.6 Å². The zero-order valence-corrected chi connectivity index (χ0v) is 20.6. The largest absolute Gasteiger partial charge is 0.444 e. The van der Waals surface area contributed by atoms with Gasteiger partial charge in [0.15, 0.2) is 0 Å². The van der Waals surface area contributed by atoms with E-state index in [-0.39, 0.29) is 30.4 Å². The Hall–Kier alpha value is -1.83. The molecular weight excluding hydrogens is 422 g/mol. The van der Waals surface area contributed by atoms with Crippen molar-refractivity contribution in [2.45, 2.75) is 115 Å². The van der Waals surface area contributed by atoms with Gasteiger partial charge in [-0.3, -0.25) is 9.59 Å². The van der Waals surface area contributed by atoms with Gasteiger partial charge in [0.2, 0.25) is 11.8 Å². The molecule has 8 nitrogen and oxygen atoms in total. The molecule has 0 aromatic rings. The molecule has 3 rings (SSSR count). The minimum Gasteiger partial charge on any atom is -0.444 e. The summed E-state index contributed by atoms with van der Waals surface area (Å²) < 4.78 is 5.42. The quantitative estimate of drug-likeness (QED) is 0.581. The summed E-state index contributed by atoms with van der Waals surface area (Å²) >= 11 is 0. The Labute approximate surface area is 198 Å². The van der Waals surface area contributed by atoms with Gasteiger partial charge in [-0.2, -0.15) is 0 Å². The number of ether oxygens (including phenoxy) is 1. The maximum atomic E-state index is 13.7. The molecule has 188 valence electrons. The minimum absolute atomic E-state index is 0.0939. The maximum Gasteiger partial charge on any atom is 0.408 e. The summed E-state index contributed by atoms with van der Waals surface area (Å²) in [7, 11) is 0. The Bertz CT molecular complexity index is 692. The minimum atomic E-state index is -0.700. The van der Waals surface area contributed by atoms with Gasteiger partial charge in [-0.05, 0) is 58.3 Å². The van der Waals surface area contributed by atoms with Gasteiger partial charge in [0.1, 0.15) is 17.7 Å². The van der Waals surface area contributed by atoms with Gasteiger partial charge in [0.05, 0.1) is 12.6 Å². The molecule has 0 radical (unpaired) electrons. The second-order valence-corrected chi connectivity index (χ2v) is 11.1. The SMILES string of the molecule is CC(C)(C)OC(=O)N[C@H]1CCCCCCCCC[C@@H](CO)NC(=O)[C@@H]2C3CC[C@H]3CN2C1=O. The predicted octanol–water partition coefficient (Wildman–Crippen LogP) is 3.12. The van der Waals surface area contributed by atoms with E-state index in [2.05, 4.69) is 10.6 Å². The summed E-state index contributed by atoms with van der Waals surface area (Å²) in [5.41, 5.74) is -0.653. The first kappa shape index (κ1) is 25.8. The number of rotatable bonds is 2. The zero-order valence-electron chi connectivity index (χ0n) is 20.6. The third kappa shape index (κ3) is 7.08. The lowest BCUT2D eigenvalue weighted by Gasteiger charge is -2.34. The number of aliphatic hydroxyl groups is 1. The van der Waals surface area contributed by atoms with Crippen LogP contribution in [0.15, 0.2) is 0 Å². The molecule has 2 heterocycles. The van der Waals surface area contributed by atoms with Gasteiger partial charge in [-0.15, -0.1) is 0 Å². The molecule has 3 N–H and O–H groups in total. The molecule has 0 bridgehead atoms. The topological polar surface area (TPSA) is 108 Å². The second kappa shape index (κ2) is 11.5. The average molecular weight is 466 g/mol. The van der Waals surface area contributed by atoms with Crippen LogP contribution in [0.5, 0.6) is 0 Å². The van der Waals surface area contributed by atoms with E-state index in [1.165, 1.54) is 0 Å². The van der Waals surface area contributed by atoms with Crippen LogP contribution >= 0.6 is 0 Å². The van der Waals surface area contributed by atoms with Crippen molar-refractivity contribution < 1.29 is 24.2 Å². The van der Waals surface area contributed by atoms with Gasteiger partial charge in [0.25, 0.3) is 0 Å². The number of carbonyl (C=O) groups excluding carboxylic acids is 3. The van der Waals surface area contributed by atoms with Crippen LogP contribution in [-0.2, 0) is 14.3 Å². The molecule has 3 aliphatic rings. The smallest absolute Gasteiger partial charge is 0.408 e. The van der Waals surface area contributed by atoms with E-state index in [1.54, 1.807) is 25.7 Å². The highest BCUT2D eigenvalue weighted by Gasteiger charge is 2.52. The Morgan fingerprint density at radius 1 is 1.03 bits per heavy atom. The van der Waals surface area contributed by atoms with Crippen molar-refractivity contribution in [2.24, 2.45) is 11.8 Å². The number of nitrogens with zero attached hydrogens (tertiary/aromatic N) is 1. The summed E-state index contributed by atoms with van der Waals surface area (Å²) in [5.74, 6) is 0.136. The molecule has 1 saturated carbocycles. The number of alkyl carbamates (subject to hydrolysis) is 1. The molecule has 3 amide bonds. The Balaban J connectivity index is 1.78. The molecular formula is C25H43N3O5. The standard InChI is InChI=1S/C25H43N3O5/c1-25(2,3)33-24(32)27-20-12-10-8-6-4-5-7-9-11-18(16-29)26-22(30)21-19-14-13-17(19)15-28(21)23(20)31/h17-21,29H,4-16H2,1-3H3,(H,26,30)(H,27,32)/t17-,18-,19?,20-,21-/m0/s1. The average Bonchev–Trinajstić information content (AvgIpc) is 2.98. The Kier molecular flexibility index (Phi) is 9.02. The highest BCUT2D eigenvalue weighted by atomic mass is 16.6. The molecule has 0 spiro atoms. The van der Waals surface area contributed by atoms with Gasteiger partial charge < -0.3 is 25.4 Å². The fraction of sp³-hybridized carbons (Fsp3) is 0.880. The van der Waals surface area contributed by atoms with Crippen molar-refractivity contribution in [1.82, 2.24) is 15.5 Å². The van der Waals surface area contributed by atoms with Crippen molar-refractivity contribution >= 4 is 17.9 Å². The fourth-order valence-corrected chi connectivity index (χ4v) is 5.42. The summed E-state index contributed by atoms with van der Waals surface area (Å²) in [4.78, 5) is 41.1. The van der Waals surface area contributed by atoms with Crippen molar-refractivity contribution in [3.05, 3.63) is 0 Å². The van der Waals surface area contributed by atoms with Gasteiger partial charge in [-0.1, -0.05) is 44.9 Å². The van der Waals surface area contributed by atoms with E-state index < -0.39 is 23.8 Å². The first-order chi connectivity index (χ1) is 15.7.